The molecule has 152 valence electrons. The van der Waals surface area contributed by atoms with Crippen LogP contribution in [0.1, 0.15) is 25.1 Å². The lowest BCUT2D eigenvalue weighted by Gasteiger charge is -2.25. The van der Waals surface area contributed by atoms with Crippen LogP contribution in [0.25, 0.3) is 5.69 Å². The molecular formula is C23H28N4O2. The van der Waals surface area contributed by atoms with Gasteiger partial charge < -0.3 is 5.32 Å². The van der Waals surface area contributed by atoms with Crippen LogP contribution in [0.4, 0.5) is 5.69 Å². The Hall–Kier alpha value is -3.12. The van der Waals surface area contributed by atoms with Gasteiger partial charge in [0.1, 0.15) is 5.69 Å². The van der Waals surface area contributed by atoms with Gasteiger partial charge in [0.2, 0.25) is 5.91 Å². The van der Waals surface area contributed by atoms with Crippen LogP contribution >= 0.6 is 0 Å². The van der Waals surface area contributed by atoms with E-state index < -0.39 is 0 Å². The third kappa shape index (κ3) is 4.66. The summed E-state index contributed by atoms with van der Waals surface area (Å²) in [6.45, 7) is 6.85. The van der Waals surface area contributed by atoms with Crippen molar-refractivity contribution in [1.82, 2.24) is 14.3 Å². The van der Waals surface area contributed by atoms with Gasteiger partial charge in [-0.15, -0.1) is 0 Å². The van der Waals surface area contributed by atoms with Gasteiger partial charge >= 0.3 is 0 Å². The molecule has 1 N–H and O–H groups in total. The molecule has 0 atom stereocenters. The van der Waals surface area contributed by atoms with E-state index in [0.717, 1.165) is 11.3 Å². The zero-order chi connectivity index (χ0) is 21.0. The molecule has 0 radical (unpaired) electrons. The largest absolute Gasteiger partial charge is 0.319 e. The number of carbonyl (C=O) groups excluding carboxylic acids is 1. The molecule has 0 aliphatic carbocycles. The maximum atomic E-state index is 13.0. The normalized spacial score (nSPS) is 11.2. The molecule has 0 aliphatic rings. The quantitative estimate of drug-likeness (QED) is 0.671. The molecule has 2 aromatic carbocycles. The highest BCUT2D eigenvalue weighted by molar-refractivity contribution is 5.92. The van der Waals surface area contributed by atoms with Crippen molar-refractivity contribution in [2.45, 2.75) is 33.4 Å². The van der Waals surface area contributed by atoms with Gasteiger partial charge in [-0.3, -0.25) is 19.2 Å². The Labute approximate surface area is 171 Å². The predicted molar refractivity (Wildman–Crippen MR) is 116 cm³/mol. The van der Waals surface area contributed by atoms with E-state index in [1.807, 2.05) is 74.6 Å². The first kappa shape index (κ1) is 20.6. The number of nitrogens with one attached hydrogen (secondary N) is 1. The number of nitrogens with zero attached hydrogens (tertiary/aromatic N) is 3. The number of benzene rings is 2. The monoisotopic (exact) mass is 392 g/mol. The summed E-state index contributed by atoms with van der Waals surface area (Å²) >= 11 is 0. The first-order valence-electron chi connectivity index (χ1n) is 9.80. The second-order valence-electron chi connectivity index (χ2n) is 7.47. The molecule has 0 fully saturated rings. The Bertz CT molecular complexity index is 1020. The van der Waals surface area contributed by atoms with E-state index in [9.17, 15) is 9.59 Å². The average molecular weight is 393 g/mol. The lowest BCUT2D eigenvalue weighted by atomic mass is 10.2. The molecule has 29 heavy (non-hydrogen) atoms. The number of para-hydroxylation sites is 1. The third-order valence-corrected chi connectivity index (χ3v) is 5.12. The predicted octanol–water partition coefficient (Wildman–Crippen LogP) is 3.33. The Morgan fingerprint density at radius 2 is 1.62 bits per heavy atom. The molecule has 0 saturated heterocycles. The smallest absolute Gasteiger partial charge is 0.295 e. The van der Waals surface area contributed by atoms with Crippen molar-refractivity contribution in [2.75, 3.05) is 11.9 Å². The summed E-state index contributed by atoms with van der Waals surface area (Å²) in [6, 6.07) is 19.7. The van der Waals surface area contributed by atoms with Gasteiger partial charge in [-0.1, -0.05) is 48.5 Å². The van der Waals surface area contributed by atoms with Gasteiger partial charge in [0.05, 0.1) is 17.9 Å². The minimum atomic E-state index is -0.233. The van der Waals surface area contributed by atoms with Crippen molar-refractivity contribution < 1.29 is 4.79 Å². The molecule has 3 aromatic rings. The minimum absolute atomic E-state index is 0.193. The zero-order valence-electron chi connectivity index (χ0n) is 17.4. The van der Waals surface area contributed by atoms with Crippen LogP contribution < -0.4 is 10.9 Å². The van der Waals surface area contributed by atoms with Gasteiger partial charge in [-0.2, -0.15) is 0 Å². The fraction of sp³-hybridized carbons (Fsp3) is 0.304. The Morgan fingerprint density at radius 1 is 1.03 bits per heavy atom. The first-order chi connectivity index (χ1) is 13.9. The van der Waals surface area contributed by atoms with E-state index in [-0.39, 0.29) is 24.1 Å². The average Bonchev–Trinajstić information content (AvgIpc) is 2.92. The lowest BCUT2D eigenvalue weighted by molar-refractivity contribution is -0.117. The minimum Gasteiger partial charge on any atom is -0.319 e. The van der Waals surface area contributed by atoms with Crippen molar-refractivity contribution in [3.63, 3.8) is 0 Å². The molecular weight excluding hydrogens is 364 g/mol. The summed E-state index contributed by atoms with van der Waals surface area (Å²) in [5.41, 5.74) is 2.72. The van der Waals surface area contributed by atoms with Crippen LogP contribution in [-0.4, -0.2) is 32.8 Å². The van der Waals surface area contributed by atoms with E-state index in [2.05, 4.69) is 24.1 Å². The Balaban J connectivity index is 1.79. The SMILES string of the molecule is Cc1c(NC(=O)CN(Cc2ccccc2)C(C)C)c(=O)n(-c2ccccc2)n1C. The Morgan fingerprint density at radius 3 is 2.21 bits per heavy atom. The molecule has 0 bridgehead atoms. The summed E-state index contributed by atoms with van der Waals surface area (Å²) in [4.78, 5) is 27.8. The molecule has 0 aliphatic heterocycles. The van der Waals surface area contributed by atoms with Gasteiger partial charge in [0.15, 0.2) is 0 Å². The molecule has 3 rings (SSSR count). The lowest BCUT2D eigenvalue weighted by Crippen LogP contribution is -2.38. The van der Waals surface area contributed by atoms with Gasteiger partial charge in [-0.05, 0) is 38.5 Å². The van der Waals surface area contributed by atoms with E-state index in [1.54, 1.807) is 9.36 Å². The highest BCUT2D eigenvalue weighted by Crippen LogP contribution is 2.14. The Kier molecular flexibility index (Phi) is 6.34. The summed E-state index contributed by atoms with van der Waals surface area (Å²) < 4.78 is 3.33. The molecule has 6 heteroatoms. The second kappa shape index (κ2) is 8.92. The molecule has 1 amide bonds. The molecule has 0 saturated carbocycles. The number of carbonyl (C=O) groups is 1. The second-order valence-corrected chi connectivity index (χ2v) is 7.47. The van der Waals surface area contributed by atoms with Crippen LogP contribution in [0.15, 0.2) is 65.5 Å². The van der Waals surface area contributed by atoms with Gasteiger partial charge in [0.25, 0.3) is 5.56 Å². The molecule has 1 heterocycles. The van der Waals surface area contributed by atoms with Gasteiger partial charge in [-0.25, -0.2) is 4.68 Å². The van der Waals surface area contributed by atoms with E-state index in [0.29, 0.717) is 17.9 Å². The summed E-state index contributed by atoms with van der Waals surface area (Å²) in [5, 5.41) is 2.85. The van der Waals surface area contributed by atoms with E-state index in [4.69, 9.17) is 0 Å². The third-order valence-electron chi connectivity index (χ3n) is 5.12. The number of hydrogen-bond donors (Lipinski definition) is 1. The maximum absolute atomic E-state index is 13.0. The number of rotatable bonds is 7. The van der Waals surface area contributed by atoms with Crippen LogP contribution in [0, 0.1) is 6.92 Å². The topological polar surface area (TPSA) is 59.3 Å². The van der Waals surface area contributed by atoms with Crippen molar-refractivity contribution in [3.8, 4) is 5.69 Å². The van der Waals surface area contributed by atoms with Crippen molar-refractivity contribution in [1.29, 1.82) is 0 Å². The van der Waals surface area contributed by atoms with Crippen LogP contribution in [0.3, 0.4) is 0 Å². The zero-order valence-corrected chi connectivity index (χ0v) is 17.4. The molecule has 0 spiro atoms. The summed E-state index contributed by atoms with van der Waals surface area (Å²) in [5.74, 6) is -0.194. The van der Waals surface area contributed by atoms with Crippen molar-refractivity contribution in [2.24, 2.45) is 7.05 Å². The molecule has 6 nitrogen and oxygen atoms in total. The number of hydrogen-bond acceptors (Lipinski definition) is 3. The summed E-state index contributed by atoms with van der Waals surface area (Å²) in [6.07, 6.45) is 0. The number of aromatic nitrogens is 2. The highest BCUT2D eigenvalue weighted by Gasteiger charge is 2.20. The van der Waals surface area contributed by atoms with Gasteiger partial charge in [0, 0.05) is 19.6 Å². The number of amides is 1. The van der Waals surface area contributed by atoms with Crippen LogP contribution in [0.2, 0.25) is 0 Å². The van der Waals surface area contributed by atoms with E-state index >= 15 is 0 Å². The van der Waals surface area contributed by atoms with Crippen molar-refractivity contribution in [3.05, 3.63) is 82.3 Å². The van der Waals surface area contributed by atoms with Crippen molar-refractivity contribution >= 4 is 11.6 Å². The maximum Gasteiger partial charge on any atom is 0.295 e. The van der Waals surface area contributed by atoms with Crippen LogP contribution in [0.5, 0.6) is 0 Å². The fourth-order valence-corrected chi connectivity index (χ4v) is 3.31. The summed E-state index contributed by atoms with van der Waals surface area (Å²) in [7, 11) is 1.81. The first-order valence-corrected chi connectivity index (χ1v) is 9.80. The highest BCUT2D eigenvalue weighted by atomic mass is 16.2. The molecule has 1 aromatic heterocycles. The number of anilines is 1. The van der Waals surface area contributed by atoms with Crippen LogP contribution in [-0.2, 0) is 18.4 Å². The fourth-order valence-electron chi connectivity index (χ4n) is 3.31. The molecule has 0 unspecified atom stereocenters. The van der Waals surface area contributed by atoms with E-state index in [1.165, 1.54) is 0 Å². The standard InChI is InChI=1S/C23H28N4O2/c1-17(2)26(15-19-11-7-5-8-12-19)16-21(28)24-22-18(3)25(4)27(23(22)29)20-13-9-6-10-14-20/h5-14,17H,15-16H2,1-4H3,(H,24,28).